The highest BCUT2D eigenvalue weighted by atomic mass is 19.4. The third-order valence-corrected chi connectivity index (χ3v) is 2.28. The van der Waals surface area contributed by atoms with Crippen LogP contribution in [0.2, 0.25) is 0 Å². The van der Waals surface area contributed by atoms with Crippen LogP contribution in [0.4, 0.5) is 18.9 Å². The lowest BCUT2D eigenvalue weighted by Crippen LogP contribution is -2.30. The largest absolute Gasteiger partial charge is 0.449 e. The summed E-state index contributed by atoms with van der Waals surface area (Å²) < 4.78 is 41.8. The Bertz CT molecular complexity index is 514. The number of ether oxygens (including phenoxy) is 1. The minimum Gasteiger partial charge on any atom is -0.449 e. The fourth-order valence-corrected chi connectivity index (χ4v) is 1.21. The molecule has 0 aliphatic rings. The summed E-state index contributed by atoms with van der Waals surface area (Å²) in [4.78, 5) is 22.3. The third kappa shape index (κ3) is 3.60. The monoisotopic (exact) mass is 276 g/mol. The second-order valence-corrected chi connectivity index (χ2v) is 3.75. The number of hydrogen-bond donors (Lipinski definition) is 2. The first kappa shape index (κ1) is 14.8. The Morgan fingerprint density at radius 2 is 1.89 bits per heavy atom. The van der Waals surface area contributed by atoms with E-state index in [4.69, 9.17) is 11.5 Å². The van der Waals surface area contributed by atoms with Crippen molar-refractivity contribution >= 4 is 17.6 Å². The van der Waals surface area contributed by atoms with Crippen molar-refractivity contribution < 1.29 is 27.5 Å². The van der Waals surface area contributed by atoms with Crippen LogP contribution in [0, 0.1) is 0 Å². The molecule has 0 bridgehead atoms. The molecule has 0 radical (unpaired) electrons. The average molecular weight is 276 g/mol. The van der Waals surface area contributed by atoms with Gasteiger partial charge in [0.1, 0.15) is 0 Å². The Morgan fingerprint density at radius 1 is 1.32 bits per heavy atom. The van der Waals surface area contributed by atoms with Crippen LogP contribution in [-0.4, -0.2) is 18.0 Å². The number of hydrogen-bond acceptors (Lipinski definition) is 4. The number of esters is 1. The van der Waals surface area contributed by atoms with Gasteiger partial charge in [0, 0.05) is 5.69 Å². The van der Waals surface area contributed by atoms with Gasteiger partial charge in [0.2, 0.25) is 0 Å². The van der Waals surface area contributed by atoms with Crippen molar-refractivity contribution in [2.75, 3.05) is 5.73 Å². The summed E-state index contributed by atoms with van der Waals surface area (Å²) in [5, 5.41) is 0. The summed E-state index contributed by atoms with van der Waals surface area (Å²) in [7, 11) is 0. The number of carbonyl (C=O) groups is 2. The van der Waals surface area contributed by atoms with Crippen LogP contribution in [-0.2, 0) is 15.7 Å². The van der Waals surface area contributed by atoms with Gasteiger partial charge in [0.25, 0.3) is 5.91 Å². The zero-order chi connectivity index (χ0) is 14.8. The van der Waals surface area contributed by atoms with Gasteiger partial charge < -0.3 is 16.2 Å². The molecule has 0 heterocycles. The summed E-state index contributed by atoms with van der Waals surface area (Å²) >= 11 is 0. The summed E-state index contributed by atoms with van der Waals surface area (Å²) in [5.74, 6) is -1.89. The number of alkyl halides is 3. The van der Waals surface area contributed by atoms with Gasteiger partial charge in [-0.2, -0.15) is 13.2 Å². The Balaban J connectivity index is 2.97. The van der Waals surface area contributed by atoms with Gasteiger partial charge in [-0.1, -0.05) is 0 Å². The van der Waals surface area contributed by atoms with Gasteiger partial charge >= 0.3 is 12.1 Å². The van der Waals surface area contributed by atoms with Gasteiger partial charge in [-0.15, -0.1) is 0 Å². The van der Waals surface area contributed by atoms with E-state index in [9.17, 15) is 22.8 Å². The zero-order valence-electron chi connectivity index (χ0n) is 9.82. The van der Waals surface area contributed by atoms with Crippen LogP contribution >= 0.6 is 0 Å². The Morgan fingerprint density at radius 3 is 2.32 bits per heavy atom. The highest BCUT2D eigenvalue weighted by Gasteiger charge is 2.31. The lowest BCUT2D eigenvalue weighted by atomic mass is 10.1. The van der Waals surface area contributed by atoms with Gasteiger partial charge in [0.05, 0.1) is 11.1 Å². The Kier molecular flexibility index (Phi) is 4.03. The molecule has 1 aromatic rings. The highest BCUT2D eigenvalue weighted by molar-refractivity contribution is 5.96. The molecule has 19 heavy (non-hydrogen) atoms. The van der Waals surface area contributed by atoms with E-state index in [0.717, 1.165) is 6.07 Å². The number of nitrogen functional groups attached to an aromatic ring is 1. The molecule has 0 saturated carbocycles. The van der Waals surface area contributed by atoms with Crippen LogP contribution in [0.25, 0.3) is 0 Å². The average Bonchev–Trinajstić information content (AvgIpc) is 2.27. The number of amides is 1. The van der Waals surface area contributed by atoms with E-state index < -0.39 is 35.4 Å². The summed E-state index contributed by atoms with van der Waals surface area (Å²) in [6.07, 6.45) is -5.76. The van der Waals surface area contributed by atoms with E-state index in [1.165, 1.54) is 6.92 Å². The molecule has 1 aromatic carbocycles. The van der Waals surface area contributed by atoms with Gasteiger partial charge in [-0.3, -0.25) is 4.79 Å². The molecule has 0 aliphatic heterocycles. The normalized spacial score (nSPS) is 12.8. The maximum Gasteiger partial charge on any atom is 0.416 e. The van der Waals surface area contributed by atoms with Crippen molar-refractivity contribution in [3.8, 4) is 0 Å². The van der Waals surface area contributed by atoms with E-state index in [2.05, 4.69) is 4.74 Å². The quantitative estimate of drug-likeness (QED) is 0.642. The molecule has 1 atom stereocenters. The molecule has 1 amide bonds. The second kappa shape index (κ2) is 5.17. The first-order valence-corrected chi connectivity index (χ1v) is 5.10. The molecule has 0 unspecified atom stereocenters. The summed E-state index contributed by atoms with van der Waals surface area (Å²) in [5.41, 5.74) is 8.60. The van der Waals surface area contributed by atoms with E-state index in [1.54, 1.807) is 0 Å². The molecule has 0 spiro atoms. The van der Waals surface area contributed by atoms with Crippen molar-refractivity contribution in [1.29, 1.82) is 0 Å². The van der Waals surface area contributed by atoms with Crippen molar-refractivity contribution in [2.24, 2.45) is 5.73 Å². The molecular weight excluding hydrogens is 265 g/mol. The Labute approximate surface area is 106 Å². The standard InChI is InChI=1S/C11H11F3N2O3/c1-5(9(16)17)19-10(18)7-3-2-6(4-8(7)15)11(12,13)14/h2-5H,15H2,1H3,(H2,16,17)/t5-/m0/s1. The predicted molar refractivity (Wildman–Crippen MR) is 59.9 cm³/mol. The van der Waals surface area contributed by atoms with Crippen molar-refractivity contribution in [2.45, 2.75) is 19.2 Å². The number of benzene rings is 1. The van der Waals surface area contributed by atoms with Gasteiger partial charge in [-0.05, 0) is 25.1 Å². The van der Waals surface area contributed by atoms with Crippen LogP contribution in [0.5, 0.6) is 0 Å². The number of nitrogens with two attached hydrogens (primary N) is 2. The van der Waals surface area contributed by atoms with E-state index >= 15 is 0 Å². The SMILES string of the molecule is C[C@H](OC(=O)c1ccc(C(F)(F)F)cc1N)C(N)=O. The number of anilines is 1. The molecule has 0 aliphatic carbocycles. The maximum absolute atomic E-state index is 12.4. The van der Waals surface area contributed by atoms with E-state index in [-0.39, 0.29) is 5.56 Å². The van der Waals surface area contributed by atoms with Crippen LogP contribution in [0.15, 0.2) is 18.2 Å². The molecule has 4 N–H and O–H groups in total. The van der Waals surface area contributed by atoms with Crippen LogP contribution in [0.3, 0.4) is 0 Å². The maximum atomic E-state index is 12.4. The van der Waals surface area contributed by atoms with E-state index in [1.807, 2.05) is 0 Å². The number of primary amides is 1. The van der Waals surface area contributed by atoms with Crippen LogP contribution in [0.1, 0.15) is 22.8 Å². The van der Waals surface area contributed by atoms with Gasteiger partial charge in [-0.25, -0.2) is 4.79 Å². The first-order valence-electron chi connectivity index (χ1n) is 5.10. The topological polar surface area (TPSA) is 95.4 Å². The molecule has 0 aromatic heterocycles. The number of rotatable bonds is 3. The molecule has 104 valence electrons. The first-order chi connectivity index (χ1) is 8.62. The predicted octanol–water partition coefficient (Wildman–Crippen LogP) is 1.32. The summed E-state index contributed by atoms with van der Waals surface area (Å²) in [6, 6.07) is 2.20. The number of carbonyl (C=O) groups excluding carboxylic acids is 2. The lowest BCUT2D eigenvalue weighted by molar-refractivity contribution is -0.137. The summed E-state index contributed by atoms with van der Waals surface area (Å²) in [6.45, 7) is 1.24. The fraction of sp³-hybridized carbons (Fsp3) is 0.273. The van der Waals surface area contributed by atoms with Crippen molar-refractivity contribution in [3.63, 3.8) is 0 Å². The van der Waals surface area contributed by atoms with Gasteiger partial charge in [0.15, 0.2) is 6.10 Å². The smallest absolute Gasteiger partial charge is 0.416 e. The second-order valence-electron chi connectivity index (χ2n) is 3.75. The molecule has 8 heteroatoms. The van der Waals surface area contributed by atoms with Crippen LogP contribution < -0.4 is 11.5 Å². The minimum absolute atomic E-state index is 0.263. The third-order valence-electron chi connectivity index (χ3n) is 2.28. The molecule has 0 fully saturated rings. The molecule has 1 rings (SSSR count). The number of halogens is 3. The Hall–Kier alpha value is -2.25. The van der Waals surface area contributed by atoms with E-state index in [0.29, 0.717) is 12.1 Å². The molecule has 0 saturated heterocycles. The fourth-order valence-electron chi connectivity index (χ4n) is 1.21. The molecular formula is C11H11F3N2O3. The lowest BCUT2D eigenvalue weighted by Gasteiger charge is -2.12. The van der Waals surface area contributed by atoms with Crippen molar-refractivity contribution in [3.05, 3.63) is 29.3 Å². The zero-order valence-corrected chi connectivity index (χ0v) is 9.82. The highest BCUT2D eigenvalue weighted by Crippen LogP contribution is 2.31. The van der Waals surface area contributed by atoms with Crippen molar-refractivity contribution in [1.82, 2.24) is 0 Å². The minimum atomic E-state index is -4.56. The molecule has 5 nitrogen and oxygen atoms in total.